The summed E-state index contributed by atoms with van der Waals surface area (Å²) in [4.78, 5) is 7.07. The van der Waals surface area contributed by atoms with Crippen molar-refractivity contribution in [2.24, 2.45) is 15.1 Å². The summed E-state index contributed by atoms with van der Waals surface area (Å²) in [6, 6.07) is 0. The fourth-order valence-corrected chi connectivity index (χ4v) is 0.365. The van der Waals surface area contributed by atoms with E-state index in [-0.39, 0.29) is 5.96 Å². The summed E-state index contributed by atoms with van der Waals surface area (Å²) in [6.45, 7) is 1.76. The molecule has 0 heterocycles. The van der Waals surface area contributed by atoms with E-state index in [4.69, 9.17) is 10.8 Å². The maximum Gasteiger partial charge on any atom is 0.214 e. The molecule has 0 bridgehead atoms. The van der Waals surface area contributed by atoms with Crippen molar-refractivity contribution in [3.63, 3.8) is 0 Å². The molecule has 0 rings (SSSR count). The lowest BCUT2D eigenvalue weighted by molar-refractivity contribution is 0.974. The molecule has 0 atom stereocenters. The van der Waals surface area contributed by atoms with Gasteiger partial charge in [-0.05, 0) is 6.92 Å². The maximum atomic E-state index is 7.15. The lowest BCUT2D eigenvalue weighted by Crippen LogP contribution is -2.31. The zero-order valence-corrected chi connectivity index (χ0v) is 7.15. The fraction of sp³-hybridized carbons (Fsp3) is 0.167. The van der Waals surface area contributed by atoms with E-state index in [0.717, 1.165) is 6.34 Å². The molecule has 0 amide bonds. The average molecular weight is 181 g/mol. The van der Waals surface area contributed by atoms with Crippen LogP contribution in [0.2, 0.25) is 0 Å². The molecule has 0 aromatic heterocycles. The van der Waals surface area contributed by atoms with Gasteiger partial charge in [0.1, 0.15) is 12.7 Å². The van der Waals surface area contributed by atoms with Crippen LogP contribution in [0.3, 0.4) is 0 Å². The molecule has 70 valence electrons. The molecule has 13 heavy (non-hydrogen) atoms. The van der Waals surface area contributed by atoms with Gasteiger partial charge < -0.3 is 5.32 Å². The zero-order chi connectivity index (χ0) is 9.94. The fourth-order valence-electron chi connectivity index (χ4n) is 0.365. The van der Waals surface area contributed by atoms with Crippen molar-refractivity contribution in [1.82, 2.24) is 10.7 Å². The third-order valence-corrected chi connectivity index (χ3v) is 0.808. The van der Waals surface area contributed by atoms with Crippen molar-refractivity contribution >= 4 is 31.2 Å². The first-order chi connectivity index (χ1) is 6.31. The molecule has 0 saturated carbocycles. The minimum atomic E-state index is -0.0480. The molecular weight excluding hydrogens is 170 g/mol. The largest absolute Gasteiger partial charge is 0.316 e. The second kappa shape index (κ2) is 8.05. The van der Waals surface area contributed by atoms with Crippen LogP contribution >= 0.6 is 0 Å². The first-order valence-corrected chi connectivity index (χ1v) is 3.42. The quantitative estimate of drug-likeness (QED) is 0.273. The molecule has 0 saturated heterocycles. The van der Waals surface area contributed by atoms with Crippen LogP contribution < -0.4 is 10.7 Å². The Bertz CT molecular complexity index is 239. The SMILES string of the molecule is C/C=N\C=N/NC(=N)N/C=N\C=N. The molecule has 0 aromatic rings. The standard InChI is InChI=1S/C6H11N7/c1-2-9-5-12-13-6(8)11-4-10-3-7/h2-5H,1H3,(H4,7,8,10,11,13)/b9-2-,12-5-. The molecule has 0 aliphatic carbocycles. The van der Waals surface area contributed by atoms with Crippen LogP contribution in [-0.4, -0.2) is 31.2 Å². The highest BCUT2D eigenvalue weighted by Gasteiger charge is 1.85. The molecule has 0 aliphatic rings. The van der Waals surface area contributed by atoms with Gasteiger partial charge in [-0.2, -0.15) is 5.10 Å². The third-order valence-electron chi connectivity index (χ3n) is 0.808. The van der Waals surface area contributed by atoms with Gasteiger partial charge in [-0.25, -0.2) is 15.4 Å². The Morgan fingerprint density at radius 1 is 1.38 bits per heavy atom. The molecule has 0 spiro atoms. The summed E-state index contributed by atoms with van der Waals surface area (Å²) in [5.41, 5.74) is 2.34. The summed E-state index contributed by atoms with van der Waals surface area (Å²) in [5, 5.41) is 19.7. The lowest BCUT2D eigenvalue weighted by atomic mass is 10.9. The van der Waals surface area contributed by atoms with Crippen molar-refractivity contribution in [3.05, 3.63) is 0 Å². The van der Waals surface area contributed by atoms with Crippen molar-refractivity contribution in [1.29, 1.82) is 10.8 Å². The number of hydrazone groups is 1. The number of aliphatic imine (C=N–C) groups is 2. The van der Waals surface area contributed by atoms with Crippen LogP contribution in [-0.2, 0) is 0 Å². The van der Waals surface area contributed by atoms with Gasteiger partial charge in [-0.3, -0.25) is 10.8 Å². The third kappa shape index (κ3) is 7.85. The highest BCUT2D eigenvalue weighted by molar-refractivity contribution is 5.89. The Labute approximate surface area is 75.7 Å². The molecule has 0 aliphatic heterocycles. The van der Waals surface area contributed by atoms with Gasteiger partial charge in [-0.1, -0.05) is 0 Å². The number of hydrogen-bond acceptors (Lipinski definition) is 3. The van der Waals surface area contributed by atoms with Crippen LogP contribution in [0.15, 0.2) is 15.1 Å². The normalized spacial score (nSPS) is 11.2. The van der Waals surface area contributed by atoms with Crippen LogP contribution in [0.4, 0.5) is 0 Å². The lowest BCUT2D eigenvalue weighted by Gasteiger charge is -1.98. The van der Waals surface area contributed by atoms with E-state index in [9.17, 15) is 0 Å². The number of nitrogens with zero attached hydrogens (tertiary/aromatic N) is 3. The summed E-state index contributed by atoms with van der Waals surface area (Å²) >= 11 is 0. The van der Waals surface area contributed by atoms with Gasteiger partial charge in [0.05, 0.1) is 6.34 Å². The summed E-state index contributed by atoms with van der Waals surface area (Å²) < 4.78 is 0. The van der Waals surface area contributed by atoms with Crippen molar-refractivity contribution in [2.75, 3.05) is 0 Å². The number of guanidine groups is 1. The van der Waals surface area contributed by atoms with E-state index < -0.39 is 0 Å². The molecule has 4 N–H and O–H groups in total. The second-order valence-electron chi connectivity index (χ2n) is 1.69. The van der Waals surface area contributed by atoms with Crippen LogP contribution in [0, 0.1) is 10.8 Å². The van der Waals surface area contributed by atoms with Gasteiger partial charge in [0.2, 0.25) is 5.96 Å². The predicted octanol–water partition coefficient (Wildman–Crippen LogP) is -0.230. The van der Waals surface area contributed by atoms with Crippen LogP contribution in [0.25, 0.3) is 0 Å². The number of rotatable bonds is 4. The Morgan fingerprint density at radius 3 is 2.77 bits per heavy atom. The highest BCUT2D eigenvalue weighted by atomic mass is 15.4. The second-order valence-corrected chi connectivity index (χ2v) is 1.69. The first kappa shape index (κ1) is 11.0. The summed E-state index contributed by atoms with van der Waals surface area (Å²) in [6.07, 6.45) is 4.88. The van der Waals surface area contributed by atoms with E-state index in [1.165, 1.54) is 12.7 Å². The summed E-state index contributed by atoms with van der Waals surface area (Å²) in [7, 11) is 0. The van der Waals surface area contributed by atoms with E-state index in [0.29, 0.717) is 0 Å². The average Bonchev–Trinajstić information content (AvgIpc) is 2.13. The zero-order valence-electron chi connectivity index (χ0n) is 7.15. The number of hydrogen-bond donors (Lipinski definition) is 4. The highest BCUT2D eigenvalue weighted by Crippen LogP contribution is 1.61. The smallest absolute Gasteiger partial charge is 0.214 e. The predicted molar refractivity (Wildman–Crippen MR) is 53.9 cm³/mol. The van der Waals surface area contributed by atoms with Crippen molar-refractivity contribution < 1.29 is 0 Å². The van der Waals surface area contributed by atoms with Gasteiger partial charge in [-0.15, -0.1) is 0 Å². The molecular formula is C6H11N7. The van der Waals surface area contributed by atoms with E-state index in [1.807, 2.05) is 0 Å². The first-order valence-electron chi connectivity index (χ1n) is 3.42. The Balaban J connectivity index is 3.62. The topological polar surface area (TPSA) is 109 Å². The van der Waals surface area contributed by atoms with Gasteiger partial charge in [0, 0.05) is 6.21 Å². The Hall–Kier alpha value is -2.05. The van der Waals surface area contributed by atoms with Gasteiger partial charge in [0.25, 0.3) is 0 Å². The minimum Gasteiger partial charge on any atom is -0.316 e. The summed E-state index contributed by atoms with van der Waals surface area (Å²) in [5.74, 6) is -0.0480. The van der Waals surface area contributed by atoms with Crippen molar-refractivity contribution in [3.8, 4) is 0 Å². The molecule has 0 radical (unpaired) electrons. The van der Waals surface area contributed by atoms with Crippen LogP contribution in [0.1, 0.15) is 6.92 Å². The molecule has 0 unspecified atom stereocenters. The van der Waals surface area contributed by atoms with E-state index in [1.54, 1.807) is 13.1 Å². The molecule has 7 nitrogen and oxygen atoms in total. The van der Waals surface area contributed by atoms with E-state index in [2.05, 4.69) is 25.8 Å². The van der Waals surface area contributed by atoms with Crippen molar-refractivity contribution in [2.45, 2.75) is 6.92 Å². The molecule has 0 aromatic carbocycles. The maximum absolute atomic E-state index is 7.15. The molecule has 0 fully saturated rings. The van der Waals surface area contributed by atoms with Crippen LogP contribution in [0.5, 0.6) is 0 Å². The molecule has 7 heteroatoms. The minimum absolute atomic E-state index is 0.0480. The number of nitrogens with one attached hydrogen (secondary N) is 4. The Kier molecular flexibility index (Phi) is 6.78. The monoisotopic (exact) mass is 181 g/mol. The van der Waals surface area contributed by atoms with Gasteiger partial charge in [0.15, 0.2) is 0 Å². The van der Waals surface area contributed by atoms with E-state index >= 15 is 0 Å². The Morgan fingerprint density at radius 2 is 2.15 bits per heavy atom. The van der Waals surface area contributed by atoms with Gasteiger partial charge >= 0.3 is 0 Å².